The molecular weight excluding hydrogens is 416 g/mol. The number of hydrogen-bond donors (Lipinski definition) is 1. The van der Waals surface area contributed by atoms with Gasteiger partial charge in [0.1, 0.15) is 17.3 Å². The van der Waals surface area contributed by atoms with Crippen LogP contribution in [-0.4, -0.2) is 70.4 Å². The number of rotatable bonds is 5. The van der Waals surface area contributed by atoms with Crippen molar-refractivity contribution in [2.45, 2.75) is 31.3 Å². The number of urea groups is 1. The lowest BCUT2D eigenvalue weighted by Gasteiger charge is -2.42. The molecular formula is C26H28N4O3. The predicted octanol–water partition coefficient (Wildman–Crippen LogP) is 3.55. The number of H-pyrrole nitrogens is 1. The van der Waals surface area contributed by atoms with Crippen LogP contribution in [0.25, 0.3) is 10.9 Å². The number of likely N-dealkylation sites (tertiary alicyclic amines) is 1. The van der Waals surface area contributed by atoms with Gasteiger partial charge in [-0.25, -0.2) is 4.79 Å². The summed E-state index contributed by atoms with van der Waals surface area (Å²) in [5.74, 6) is 0.676. The molecule has 0 radical (unpaired) electrons. The van der Waals surface area contributed by atoms with E-state index in [1.165, 1.54) is 11.3 Å². The minimum atomic E-state index is -0.933. The normalized spacial score (nSPS) is 24.7. The molecule has 3 amide bonds. The quantitative estimate of drug-likeness (QED) is 0.611. The van der Waals surface area contributed by atoms with Gasteiger partial charge in [-0.1, -0.05) is 30.3 Å². The number of aromatic nitrogens is 1. The third kappa shape index (κ3) is 2.92. The third-order valence-corrected chi connectivity index (χ3v) is 7.58. The maximum absolute atomic E-state index is 13.8. The summed E-state index contributed by atoms with van der Waals surface area (Å²) in [6, 6.07) is 15.4. The summed E-state index contributed by atoms with van der Waals surface area (Å²) >= 11 is 0. The molecule has 2 unspecified atom stereocenters. The number of carbonyl (C=O) groups is 2. The number of nitrogens with zero attached hydrogens (tertiary/aromatic N) is 3. The van der Waals surface area contributed by atoms with E-state index < -0.39 is 5.54 Å². The van der Waals surface area contributed by atoms with Crippen molar-refractivity contribution in [2.75, 3.05) is 33.3 Å². The van der Waals surface area contributed by atoms with Gasteiger partial charge in [-0.3, -0.25) is 14.6 Å². The van der Waals surface area contributed by atoms with Crippen LogP contribution in [0.3, 0.4) is 0 Å². The highest BCUT2D eigenvalue weighted by Crippen LogP contribution is 2.48. The summed E-state index contributed by atoms with van der Waals surface area (Å²) in [7, 11) is 1.66. The number of hydrogen-bond acceptors (Lipinski definition) is 4. The second kappa shape index (κ2) is 7.35. The molecule has 33 heavy (non-hydrogen) atoms. The zero-order chi connectivity index (χ0) is 22.7. The minimum absolute atomic E-state index is 0.100. The minimum Gasteiger partial charge on any atom is -0.497 e. The van der Waals surface area contributed by atoms with Gasteiger partial charge < -0.3 is 14.6 Å². The summed E-state index contributed by atoms with van der Waals surface area (Å²) in [6.07, 6.45) is 1.66. The second-order valence-corrected chi connectivity index (χ2v) is 9.50. The van der Waals surface area contributed by atoms with Crippen LogP contribution >= 0.6 is 0 Å². The highest BCUT2D eigenvalue weighted by Gasteiger charge is 2.60. The Kier molecular flexibility index (Phi) is 4.52. The molecule has 2 aromatic carbocycles. The van der Waals surface area contributed by atoms with Gasteiger partial charge in [0.2, 0.25) is 0 Å². The Morgan fingerprint density at radius 1 is 1.09 bits per heavy atom. The molecule has 7 nitrogen and oxygen atoms in total. The van der Waals surface area contributed by atoms with Crippen molar-refractivity contribution in [1.29, 1.82) is 0 Å². The van der Waals surface area contributed by atoms with Crippen molar-refractivity contribution in [3.63, 3.8) is 0 Å². The number of methoxy groups -OCH3 is 1. The Bertz CT molecular complexity index is 1250. The van der Waals surface area contributed by atoms with Crippen LogP contribution in [0.4, 0.5) is 4.79 Å². The van der Waals surface area contributed by atoms with Crippen LogP contribution in [0.5, 0.6) is 5.75 Å². The first-order valence-electron chi connectivity index (χ1n) is 11.6. The van der Waals surface area contributed by atoms with E-state index >= 15 is 0 Å². The van der Waals surface area contributed by atoms with Crippen molar-refractivity contribution >= 4 is 22.8 Å². The number of ether oxygens (including phenoxy) is 1. The van der Waals surface area contributed by atoms with Crippen molar-refractivity contribution in [1.82, 2.24) is 19.7 Å². The van der Waals surface area contributed by atoms with Gasteiger partial charge in [-0.05, 0) is 55.8 Å². The average Bonchev–Trinajstić information content (AvgIpc) is 3.24. The lowest BCUT2D eigenvalue weighted by atomic mass is 9.81. The van der Waals surface area contributed by atoms with E-state index in [1.807, 2.05) is 60.4 Å². The molecule has 1 N–H and O–H groups in total. The van der Waals surface area contributed by atoms with Gasteiger partial charge in [-0.2, -0.15) is 0 Å². The lowest BCUT2D eigenvalue weighted by molar-refractivity contribution is -0.133. The van der Waals surface area contributed by atoms with E-state index in [-0.39, 0.29) is 18.0 Å². The van der Waals surface area contributed by atoms with Gasteiger partial charge in [0.25, 0.3) is 5.91 Å². The fraction of sp³-hybridized carbons (Fsp3) is 0.385. The van der Waals surface area contributed by atoms with E-state index in [0.29, 0.717) is 13.0 Å². The zero-order valence-corrected chi connectivity index (χ0v) is 19.0. The lowest BCUT2D eigenvalue weighted by Crippen LogP contribution is -2.53. The van der Waals surface area contributed by atoms with Crippen molar-refractivity contribution in [3.05, 3.63) is 65.4 Å². The molecule has 0 saturated carbocycles. The summed E-state index contributed by atoms with van der Waals surface area (Å²) < 4.78 is 5.47. The standard InChI is InChI=1S/C26H28N4O3/c1-26-16-20-19-15-18(33-2)9-10-21(19)27-22(20)23(17-7-4-3-5-8-17)30(26)25(32)29(24(26)31)14-13-28-11-6-12-28/h3-5,7-10,15,23,27H,6,11-14,16H2,1-2H3. The van der Waals surface area contributed by atoms with Gasteiger partial charge in [0.15, 0.2) is 0 Å². The number of imide groups is 1. The zero-order valence-electron chi connectivity index (χ0n) is 19.0. The molecule has 2 fully saturated rings. The molecule has 170 valence electrons. The molecule has 3 aliphatic heterocycles. The van der Waals surface area contributed by atoms with Crippen molar-refractivity contribution in [2.24, 2.45) is 0 Å². The highest BCUT2D eigenvalue weighted by molar-refractivity contribution is 6.08. The Hall–Kier alpha value is -3.32. The van der Waals surface area contributed by atoms with Crippen LogP contribution in [0.15, 0.2) is 48.5 Å². The van der Waals surface area contributed by atoms with Crippen LogP contribution < -0.4 is 4.74 Å². The molecule has 3 aromatic rings. The van der Waals surface area contributed by atoms with Crippen molar-refractivity contribution in [3.8, 4) is 5.75 Å². The third-order valence-electron chi connectivity index (χ3n) is 7.58. The van der Waals surface area contributed by atoms with Gasteiger partial charge in [0, 0.05) is 36.1 Å². The molecule has 1 aromatic heterocycles. The summed E-state index contributed by atoms with van der Waals surface area (Å²) in [5, 5.41) is 1.05. The Labute approximate surface area is 192 Å². The number of benzene rings is 2. The number of carbonyl (C=O) groups excluding carboxylic acids is 2. The molecule has 4 heterocycles. The van der Waals surface area contributed by atoms with Crippen molar-refractivity contribution < 1.29 is 14.3 Å². The van der Waals surface area contributed by atoms with Gasteiger partial charge in [0.05, 0.1) is 7.11 Å². The fourth-order valence-corrected chi connectivity index (χ4v) is 5.64. The summed E-state index contributed by atoms with van der Waals surface area (Å²) in [6.45, 7) is 5.19. The van der Waals surface area contributed by atoms with E-state index in [2.05, 4.69) is 9.88 Å². The Morgan fingerprint density at radius 2 is 1.88 bits per heavy atom. The largest absolute Gasteiger partial charge is 0.497 e. The van der Waals surface area contributed by atoms with E-state index in [1.54, 1.807) is 7.11 Å². The Balaban J connectivity index is 1.49. The first kappa shape index (κ1) is 20.3. The first-order chi connectivity index (χ1) is 16.0. The molecule has 2 saturated heterocycles. The van der Waals surface area contributed by atoms with E-state index in [4.69, 9.17) is 4.74 Å². The number of fused-ring (bicyclic) bond motifs is 4. The van der Waals surface area contributed by atoms with Crippen LogP contribution in [0.2, 0.25) is 0 Å². The predicted molar refractivity (Wildman–Crippen MR) is 125 cm³/mol. The highest BCUT2D eigenvalue weighted by atomic mass is 16.5. The van der Waals surface area contributed by atoms with Gasteiger partial charge in [-0.15, -0.1) is 0 Å². The number of aromatic amines is 1. The molecule has 0 aliphatic carbocycles. The van der Waals surface area contributed by atoms with Crippen LogP contribution in [-0.2, 0) is 11.2 Å². The molecule has 0 bridgehead atoms. The fourth-order valence-electron chi connectivity index (χ4n) is 5.64. The number of amides is 3. The molecule has 0 spiro atoms. The van der Waals surface area contributed by atoms with E-state index in [9.17, 15) is 9.59 Å². The number of nitrogens with one attached hydrogen (secondary N) is 1. The molecule has 6 rings (SSSR count). The molecule has 7 heteroatoms. The first-order valence-corrected chi connectivity index (χ1v) is 11.6. The smallest absolute Gasteiger partial charge is 0.328 e. The summed E-state index contributed by atoms with van der Waals surface area (Å²) in [5.41, 5.74) is 3.11. The maximum Gasteiger partial charge on any atom is 0.328 e. The van der Waals surface area contributed by atoms with Crippen LogP contribution in [0, 0.1) is 0 Å². The second-order valence-electron chi connectivity index (χ2n) is 9.50. The molecule has 3 aliphatic rings. The van der Waals surface area contributed by atoms with Gasteiger partial charge >= 0.3 is 6.03 Å². The van der Waals surface area contributed by atoms with Crippen LogP contribution in [0.1, 0.15) is 36.2 Å². The maximum atomic E-state index is 13.8. The summed E-state index contributed by atoms with van der Waals surface area (Å²) in [4.78, 5) is 36.7. The van der Waals surface area contributed by atoms with E-state index in [0.717, 1.165) is 53.1 Å². The monoisotopic (exact) mass is 444 g/mol. The molecule has 2 atom stereocenters. The topological polar surface area (TPSA) is 68.9 Å². The average molecular weight is 445 g/mol. The Morgan fingerprint density at radius 3 is 2.58 bits per heavy atom. The SMILES string of the molecule is COc1ccc2[nH]c3c(c2c1)CC1(C)C(=O)N(CCN2CCC2)C(=O)N1C3c1ccccc1.